The first-order valence-corrected chi connectivity index (χ1v) is 16.0. The van der Waals surface area contributed by atoms with Gasteiger partial charge in [0, 0.05) is 19.5 Å². The van der Waals surface area contributed by atoms with Gasteiger partial charge in [-0.3, -0.25) is 13.9 Å². The molecule has 0 aromatic heterocycles. The number of hydrogen-bond donors (Lipinski definition) is 1. The van der Waals surface area contributed by atoms with E-state index in [1.165, 1.54) is 29.2 Å². The molecule has 7 nitrogen and oxygen atoms in total. The molecule has 0 aliphatic heterocycles. The molecule has 4 aromatic carbocycles. The molecule has 0 bridgehead atoms. The van der Waals surface area contributed by atoms with E-state index in [2.05, 4.69) is 5.32 Å². The van der Waals surface area contributed by atoms with E-state index in [0.29, 0.717) is 17.8 Å². The van der Waals surface area contributed by atoms with Crippen LogP contribution in [0.5, 0.6) is 0 Å². The van der Waals surface area contributed by atoms with Gasteiger partial charge in [0.2, 0.25) is 11.8 Å². The van der Waals surface area contributed by atoms with Crippen LogP contribution < -0.4 is 9.62 Å². The number of carbonyl (C=O) groups excluding carboxylic acids is 2. The van der Waals surface area contributed by atoms with Gasteiger partial charge in [0.05, 0.1) is 10.6 Å². The number of nitrogens with one attached hydrogen (secondary N) is 1. The molecular formula is C35H38FN3O4S. The van der Waals surface area contributed by atoms with Gasteiger partial charge in [-0.1, -0.05) is 66.2 Å². The highest BCUT2D eigenvalue weighted by atomic mass is 32.2. The van der Waals surface area contributed by atoms with Crippen LogP contribution in [0.25, 0.3) is 0 Å². The molecule has 0 saturated heterocycles. The quantitative estimate of drug-likeness (QED) is 0.221. The van der Waals surface area contributed by atoms with Crippen molar-refractivity contribution in [2.24, 2.45) is 0 Å². The summed E-state index contributed by atoms with van der Waals surface area (Å²) in [6.07, 6.45) is 0.202. The minimum absolute atomic E-state index is 0.0287. The second kappa shape index (κ2) is 14.3. The molecule has 0 radical (unpaired) electrons. The minimum atomic E-state index is -4.19. The van der Waals surface area contributed by atoms with Crippen molar-refractivity contribution in [3.8, 4) is 0 Å². The van der Waals surface area contributed by atoms with Crippen LogP contribution in [0, 0.1) is 26.6 Å². The fourth-order valence-corrected chi connectivity index (χ4v) is 6.29. The third-order valence-corrected chi connectivity index (χ3v) is 9.34. The molecule has 0 spiro atoms. The lowest BCUT2D eigenvalue weighted by molar-refractivity contribution is -0.140. The van der Waals surface area contributed by atoms with Crippen LogP contribution in [0.2, 0.25) is 0 Å². The monoisotopic (exact) mass is 615 g/mol. The van der Waals surface area contributed by atoms with E-state index >= 15 is 0 Å². The summed E-state index contributed by atoms with van der Waals surface area (Å²) >= 11 is 0. The van der Waals surface area contributed by atoms with Gasteiger partial charge >= 0.3 is 0 Å². The van der Waals surface area contributed by atoms with Crippen molar-refractivity contribution in [2.75, 3.05) is 17.4 Å². The first kappa shape index (κ1) is 32.4. The second-order valence-corrected chi connectivity index (χ2v) is 12.7. The van der Waals surface area contributed by atoms with Gasteiger partial charge in [0.1, 0.15) is 18.4 Å². The number of hydrogen-bond acceptors (Lipinski definition) is 4. The Kier molecular flexibility index (Phi) is 10.5. The Labute approximate surface area is 259 Å². The molecular weight excluding hydrogens is 577 g/mol. The van der Waals surface area contributed by atoms with Crippen LogP contribution in [0.3, 0.4) is 0 Å². The molecule has 9 heteroatoms. The van der Waals surface area contributed by atoms with E-state index in [0.717, 1.165) is 26.6 Å². The number of carbonyl (C=O) groups is 2. The molecule has 0 saturated carbocycles. The summed E-state index contributed by atoms with van der Waals surface area (Å²) in [6, 6.07) is 25.7. The molecule has 4 rings (SSSR count). The van der Waals surface area contributed by atoms with E-state index < -0.39 is 34.3 Å². The molecule has 0 aliphatic rings. The van der Waals surface area contributed by atoms with Crippen molar-refractivity contribution in [3.63, 3.8) is 0 Å². The number of halogens is 1. The van der Waals surface area contributed by atoms with Gasteiger partial charge in [-0.25, -0.2) is 12.8 Å². The van der Waals surface area contributed by atoms with Crippen LogP contribution in [0.1, 0.15) is 34.7 Å². The molecule has 2 amide bonds. The Hall–Kier alpha value is -4.50. The smallest absolute Gasteiger partial charge is 0.264 e. The molecule has 1 atom stereocenters. The summed E-state index contributed by atoms with van der Waals surface area (Å²) < 4.78 is 43.1. The van der Waals surface area contributed by atoms with Crippen molar-refractivity contribution in [3.05, 3.63) is 131 Å². The lowest BCUT2D eigenvalue weighted by Gasteiger charge is -2.34. The highest BCUT2D eigenvalue weighted by Gasteiger charge is 2.34. The number of amides is 2. The zero-order valence-corrected chi connectivity index (χ0v) is 26.3. The standard InChI is InChI=1S/C35H38FN3O4S/c1-5-37-35(41)33(22-28-9-7-6-8-10-28)38(23-29-14-16-30(36)17-15-29)34(40)24-39(31-18-13-26(3)27(4)21-31)44(42,43)32-19-11-25(2)12-20-32/h6-21,33H,5,22-24H2,1-4H3,(H,37,41)/t33-/m1/s1. The number of sulfonamides is 1. The summed E-state index contributed by atoms with van der Waals surface area (Å²) in [5.41, 5.74) is 4.51. The lowest BCUT2D eigenvalue weighted by Crippen LogP contribution is -2.53. The molecule has 1 N–H and O–H groups in total. The molecule has 44 heavy (non-hydrogen) atoms. The highest BCUT2D eigenvalue weighted by molar-refractivity contribution is 7.92. The lowest BCUT2D eigenvalue weighted by atomic mass is 10.0. The van der Waals surface area contributed by atoms with Crippen LogP contribution in [-0.2, 0) is 32.6 Å². The minimum Gasteiger partial charge on any atom is -0.355 e. The first-order chi connectivity index (χ1) is 21.0. The molecule has 0 fully saturated rings. The highest BCUT2D eigenvalue weighted by Crippen LogP contribution is 2.27. The maximum absolute atomic E-state index is 14.4. The fourth-order valence-electron chi connectivity index (χ4n) is 4.88. The van der Waals surface area contributed by atoms with Crippen LogP contribution in [0.15, 0.2) is 102 Å². The second-order valence-electron chi connectivity index (χ2n) is 10.8. The molecule has 4 aromatic rings. The van der Waals surface area contributed by atoms with Gasteiger partial charge in [-0.15, -0.1) is 0 Å². The number of anilines is 1. The Balaban J connectivity index is 1.81. The zero-order chi connectivity index (χ0) is 31.9. The third kappa shape index (κ3) is 7.90. The normalized spacial score (nSPS) is 11.9. The summed E-state index contributed by atoms with van der Waals surface area (Å²) in [5, 5.41) is 2.83. The largest absolute Gasteiger partial charge is 0.355 e. The van der Waals surface area contributed by atoms with Crippen LogP contribution in [-0.4, -0.2) is 44.3 Å². The maximum Gasteiger partial charge on any atom is 0.264 e. The van der Waals surface area contributed by atoms with E-state index in [1.807, 2.05) is 57.2 Å². The number of benzene rings is 4. The number of rotatable bonds is 12. The average Bonchev–Trinajstić information content (AvgIpc) is 3.00. The predicted molar refractivity (Wildman–Crippen MR) is 171 cm³/mol. The van der Waals surface area contributed by atoms with E-state index in [1.54, 1.807) is 43.3 Å². The zero-order valence-electron chi connectivity index (χ0n) is 25.5. The van der Waals surface area contributed by atoms with E-state index in [9.17, 15) is 22.4 Å². The molecule has 230 valence electrons. The van der Waals surface area contributed by atoms with Crippen molar-refractivity contribution < 1.29 is 22.4 Å². The maximum atomic E-state index is 14.4. The Morgan fingerprint density at radius 1 is 0.818 bits per heavy atom. The predicted octanol–water partition coefficient (Wildman–Crippen LogP) is 5.72. The van der Waals surface area contributed by atoms with Gasteiger partial charge in [0.15, 0.2) is 0 Å². The van der Waals surface area contributed by atoms with Crippen LogP contribution >= 0.6 is 0 Å². The number of aryl methyl sites for hydroxylation is 3. The topological polar surface area (TPSA) is 86.8 Å². The summed E-state index contributed by atoms with van der Waals surface area (Å²) in [6.45, 7) is 7.22. The summed E-state index contributed by atoms with van der Waals surface area (Å²) in [5.74, 6) is -1.37. The van der Waals surface area contributed by atoms with Crippen LogP contribution in [0.4, 0.5) is 10.1 Å². The summed E-state index contributed by atoms with van der Waals surface area (Å²) in [7, 11) is -4.19. The van der Waals surface area contributed by atoms with E-state index in [-0.39, 0.29) is 23.8 Å². The van der Waals surface area contributed by atoms with Crippen molar-refractivity contribution >= 4 is 27.5 Å². The Morgan fingerprint density at radius 3 is 2.09 bits per heavy atom. The van der Waals surface area contributed by atoms with Crippen molar-refractivity contribution in [2.45, 2.75) is 51.6 Å². The fraction of sp³-hybridized carbons (Fsp3) is 0.257. The number of nitrogens with zero attached hydrogens (tertiary/aromatic N) is 2. The average molecular weight is 616 g/mol. The summed E-state index contributed by atoms with van der Waals surface area (Å²) in [4.78, 5) is 29.4. The van der Waals surface area contributed by atoms with Gasteiger partial charge in [0.25, 0.3) is 10.0 Å². The van der Waals surface area contributed by atoms with Gasteiger partial charge in [-0.05, 0) is 86.3 Å². The first-order valence-electron chi connectivity index (χ1n) is 14.5. The number of likely N-dealkylation sites (N-methyl/N-ethyl adjacent to an activating group) is 1. The third-order valence-electron chi connectivity index (χ3n) is 7.55. The molecule has 0 aliphatic carbocycles. The van der Waals surface area contributed by atoms with E-state index in [4.69, 9.17) is 0 Å². The Bertz CT molecular complexity index is 1690. The molecule has 0 heterocycles. The SMILES string of the molecule is CCNC(=O)[C@@H](Cc1ccccc1)N(Cc1ccc(F)cc1)C(=O)CN(c1ccc(C)c(C)c1)S(=O)(=O)c1ccc(C)cc1. The van der Waals surface area contributed by atoms with Gasteiger partial charge in [-0.2, -0.15) is 0 Å². The van der Waals surface area contributed by atoms with Crippen molar-refractivity contribution in [1.29, 1.82) is 0 Å². The van der Waals surface area contributed by atoms with Crippen molar-refractivity contribution in [1.82, 2.24) is 10.2 Å². The van der Waals surface area contributed by atoms with Gasteiger partial charge < -0.3 is 10.2 Å². The molecule has 0 unspecified atom stereocenters. The Morgan fingerprint density at radius 2 is 1.48 bits per heavy atom.